The van der Waals surface area contributed by atoms with Crippen LogP contribution in [0.15, 0.2) is 42.6 Å². The predicted octanol–water partition coefficient (Wildman–Crippen LogP) is 7.55. The number of hydrogen-bond donors (Lipinski definition) is 1. The fourth-order valence-corrected chi connectivity index (χ4v) is 7.50. The average Bonchev–Trinajstić information content (AvgIpc) is 3.43. The number of carbonyl (C=O) groups excluding carboxylic acids is 3. The number of aromatic nitrogens is 3. The minimum absolute atomic E-state index is 0.0961. The van der Waals surface area contributed by atoms with Crippen molar-refractivity contribution >= 4 is 43.1 Å². The lowest BCUT2D eigenvalue weighted by atomic mass is 9.67. The molecule has 50 heavy (non-hydrogen) atoms. The van der Waals surface area contributed by atoms with E-state index in [2.05, 4.69) is 49.3 Å². The predicted molar refractivity (Wildman–Crippen MR) is 190 cm³/mol. The molecule has 2 atom stereocenters. The molecule has 2 amide bonds. The van der Waals surface area contributed by atoms with Gasteiger partial charge in [0.2, 0.25) is 11.8 Å². The molecule has 0 bridgehead atoms. The Balaban J connectivity index is 1.71. The van der Waals surface area contributed by atoms with Crippen molar-refractivity contribution in [2.45, 2.75) is 121 Å². The standard InChI is InChI=1S/C36H51F2N5O6Si/c1-23(49-50(10,11)34(5,6)7)29(30(44)41-28-17-16-27-26(40-28)22-39-43(27)32(46)48-33(2,3)4)42(8)31(45)35(18-20-36(37,38)21-19-35)24-12-14-25(47-9)15-13-24/h12-17,22-23,29H,18-21H2,1-11H3,(H,40,41,44)/t23-,29+/m0/s1. The van der Waals surface area contributed by atoms with Gasteiger partial charge in [-0.05, 0) is 88.5 Å². The Hall–Kier alpha value is -3.91. The summed E-state index contributed by atoms with van der Waals surface area (Å²) in [7, 11) is 0.587. The summed E-state index contributed by atoms with van der Waals surface area (Å²) in [4.78, 5) is 47.6. The number of methoxy groups -OCH3 is 1. The summed E-state index contributed by atoms with van der Waals surface area (Å²) < 4.78 is 47.7. The van der Waals surface area contributed by atoms with E-state index in [1.54, 1.807) is 58.0 Å². The topological polar surface area (TPSA) is 125 Å². The number of halogens is 2. The molecule has 0 unspecified atom stereocenters. The number of carbonyl (C=O) groups is 3. The monoisotopic (exact) mass is 715 g/mol. The number of amides is 2. The van der Waals surface area contributed by atoms with Crippen molar-refractivity contribution in [1.82, 2.24) is 19.7 Å². The SMILES string of the molecule is COc1ccc(C2(C(=O)N(C)[C@@H](C(=O)Nc3ccc4c(cnn4C(=O)OC(C)(C)C)n3)[C@H](C)O[Si](C)(C)C(C)(C)C)CCC(F)(F)CC2)cc1. The van der Waals surface area contributed by atoms with Gasteiger partial charge in [0.05, 0.1) is 30.3 Å². The van der Waals surface area contributed by atoms with Crippen LogP contribution in [0.2, 0.25) is 18.1 Å². The van der Waals surface area contributed by atoms with Crippen LogP contribution in [0.1, 0.15) is 79.7 Å². The van der Waals surface area contributed by atoms with E-state index in [4.69, 9.17) is 13.9 Å². The molecular weight excluding hydrogens is 665 g/mol. The minimum atomic E-state index is -2.90. The highest BCUT2D eigenvalue weighted by Crippen LogP contribution is 2.47. The van der Waals surface area contributed by atoms with Gasteiger partial charge in [0.25, 0.3) is 5.91 Å². The van der Waals surface area contributed by atoms with E-state index in [9.17, 15) is 23.2 Å². The Morgan fingerprint density at radius 2 is 1.58 bits per heavy atom. The van der Waals surface area contributed by atoms with Crippen molar-refractivity contribution < 1.29 is 37.1 Å². The molecule has 14 heteroatoms. The Bertz CT molecular complexity index is 1700. The van der Waals surface area contributed by atoms with Crippen LogP contribution in [-0.2, 0) is 24.2 Å². The van der Waals surface area contributed by atoms with Gasteiger partial charge in [0, 0.05) is 19.9 Å². The fourth-order valence-electron chi connectivity index (χ4n) is 6.09. The highest BCUT2D eigenvalue weighted by atomic mass is 28.4. The van der Waals surface area contributed by atoms with Gasteiger partial charge in [-0.15, -0.1) is 0 Å². The first-order chi connectivity index (χ1) is 23.0. The quantitative estimate of drug-likeness (QED) is 0.225. The van der Waals surface area contributed by atoms with Crippen LogP contribution in [0.4, 0.5) is 19.4 Å². The molecule has 2 aromatic heterocycles. The molecule has 0 saturated heterocycles. The number of fused-ring (bicyclic) bond motifs is 1. The maximum absolute atomic E-state index is 14.7. The number of rotatable bonds is 9. The van der Waals surface area contributed by atoms with E-state index in [1.165, 1.54) is 31.3 Å². The Morgan fingerprint density at radius 3 is 2.12 bits per heavy atom. The third-order valence-corrected chi connectivity index (χ3v) is 14.4. The van der Waals surface area contributed by atoms with Gasteiger partial charge in [-0.25, -0.2) is 18.6 Å². The number of hydrogen-bond acceptors (Lipinski definition) is 8. The molecular formula is C36H51F2N5O6Si. The van der Waals surface area contributed by atoms with Crippen molar-refractivity contribution in [2.75, 3.05) is 19.5 Å². The average molecular weight is 716 g/mol. The van der Waals surface area contributed by atoms with Gasteiger partial charge < -0.3 is 24.1 Å². The van der Waals surface area contributed by atoms with Crippen LogP contribution in [0.5, 0.6) is 5.75 Å². The third kappa shape index (κ3) is 8.34. The van der Waals surface area contributed by atoms with Gasteiger partial charge in [0.1, 0.15) is 28.7 Å². The number of nitrogens with one attached hydrogen (secondary N) is 1. The number of ether oxygens (including phenoxy) is 2. The van der Waals surface area contributed by atoms with Crippen molar-refractivity contribution in [3.8, 4) is 5.75 Å². The second-order valence-corrected chi connectivity index (χ2v) is 20.5. The van der Waals surface area contributed by atoms with E-state index >= 15 is 0 Å². The Kier molecular flexibility index (Phi) is 10.9. The van der Waals surface area contributed by atoms with E-state index in [0.717, 1.165) is 4.68 Å². The zero-order valence-electron chi connectivity index (χ0n) is 31.0. The molecule has 0 spiro atoms. The first kappa shape index (κ1) is 38.9. The molecule has 1 aromatic carbocycles. The molecule has 11 nitrogen and oxygen atoms in total. The van der Waals surface area contributed by atoms with E-state index in [-0.39, 0.29) is 23.7 Å². The zero-order valence-corrected chi connectivity index (χ0v) is 32.0. The number of anilines is 1. The summed E-state index contributed by atoms with van der Waals surface area (Å²) in [6.45, 7) is 17.3. The molecule has 1 aliphatic carbocycles. The van der Waals surface area contributed by atoms with Gasteiger partial charge in [-0.2, -0.15) is 9.78 Å². The summed E-state index contributed by atoms with van der Waals surface area (Å²) in [5, 5.41) is 6.76. The lowest BCUT2D eigenvalue weighted by Gasteiger charge is -2.45. The molecule has 274 valence electrons. The van der Waals surface area contributed by atoms with Crippen LogP contribution < -0.4 is 10.1 Å². The summed E-state index contributed by atoms with van der Waals surface area (Å²) in [5.74, 6) is -3.18. The molecule has 1 saturated carbocycles. The highest BCUT2D eigenvalue weighted by molar-refractivity contribution is 6.74. The number of pyridine rings is 1. The van der Waals surface area contributed by atoms with Gasteiger partial charge in [0.15, 0.2) is 8.32 Å². The Labute approximate surface area is 294 Å². The van der Waals surface area contributed by atoms with Crippen molar-refractivity contribution in [1.29, 1.82) is 0 Å². The lowest BCUT2D eigenvalue weighted by molar-refractivity contribution is -0.149. The second-order valence-electron chi connectivity index (χ2n) is 15.7. The summed E-state index contributed by atoms with van der Waals surface area (Å²) >= 11 is 0. The summed E-state index contributed by atoms with van der Waals surface area (Å²) in [6.07, 6.45) is -1.18. The third-order valence-electron chi connectivity index (χ3n) is 9.87. The molecule has 3 aromatic rings. The molecule has 1 fully saturated rings. The van der Waals surface area contributed by atoms with Gasteiger partial charge in [-0.3, -0.25) is 9.59 Å². The fraction of sp³-hybridized carbons (Fsp3) is 0.583. The van der Waals surface area contributed by atoms with Crippen LogP contribution >= 0.6 is 0 Å². The van der Waals surface area contributed by atoms with Gasteiger partial charge in [-0.1, -0.05) is 32.9 Å². The van der Waals surface area contributed by atoms with Crippen LogP contribution in [0.25, 0.3) is 11.0 Å². The van der Waals surface area contributed by atoms with E-state index in [1.807, 2.05) is 0 Å². The molecule has 1 aliphatic rings. The smallest absolute Gasteiger partial charge is 0.435 e. The maximum atomic E-state index is 14.7. The second kappa shape index (κ2) is 14.0. The van der Waals surface area contributed by atoms with Crippen LogP contribution in [0, 0.1) is 0 Å². The molecule has 0 radical (unpaired) electrons. The van der Waals surface area contributed by atoms with E-state index in [0.29, 0.717) is 22.3 Å². The van der Waals surface area contributed by atoms with Crippen molar-refractivity contribution in [2.24, 2.45) is 0 Å². The van der Waals surface area contributed by atoms with Crippen LogP contribution in [0.3, 0.4) is 0 Å². The van der Waals surface area contributed by atoms with Crippen molar-refractivity contribution in [3.63, 3.8) is 0 Å². The van der Waals surface area contributed by atoms with E-state index < -0.39 is 68.2 Å². The lowest BCUT2D eigenvalue weighted by Crippen LogP contribution is -2.59. The first-order valence-corrected chi connectivity index (χ1v) is 19.8. The molecule has 1 N–H and O–H groups in total. The van der Waals surface area contributed by atoms with Crippen molar-refractivity contribution in [3.05, 3.63) is 48.2 Å². The molecule has 0 aliphatic heterocycles. The largest absolute Gasteiger partial charge is 0.497 e. The number of alkyl halides is 2. The van der Waals surface area contributed by atoms with Crippen LogP contribution in [-0.4, -0.2) is 83.7 Å². The molecule has 2 heterocycles. The minimum Gasteiger partial charge on any atom is -0.497 e. The number of nitrogens with zero attached hydrogens (tertiary/aromatic N) is 4. The summed E-state index contributed by atoms with van der Waals surface area (Å²) in [6, 6.07) is 8.84. The van der Waals surface area contributed by atoms with Gasteiger partial charge >= 0.3 is 6.09 Å². The Morgan fingerprint density at radius 1 is 0.980 bits per heavy atom. The first-order valence-electron chi connectivity index (χ1n) is 16.9. The maximum Gasteiger partial charge on any atom is 0.435 e. The number of likely N-dealkylation sites (N-methyl/N-ethyl adjacent to an activating group) is 1. The summed E-state index contributed by atoms with van der Waals surface area (Å²) in [5.41, 5.74) is -0.737. The number of benzene rings is 1. The highest BCUT2D eigenvalue weighted by Gasteiger charge is 2.52. The molecule has 4 rings (SSSR count). The zero-order chi connectivity index (χ0) is 37.4. The normalized spacial score (nSPS) is 17.5.